The molecular formula is C22H29F3N4O3S. The third-order valence-corrected chi connectivity index (χ3v) is 8.78. The summed E-state index contributed by atoms with van der Waals surface area (Å²) in [5.74, 6) is -0.496. The van der Waals surface area contributed by atoms with Gasteiger partial charge >= 0.3 is 6.18 Å². The number of benzene rings is 1. The molecule has 11 heteroatoms. The fraction of sp³-hybridized carbons (Fsp3) is 0.636. The number of alkyl halides is 3. The summed E-state index contributed by atoms with van der Waals surface area (Å²) in [5.41, 5.74) is -1.11. The predicted molar refractivity (Wildman–Crippen MR) is 118 cm³/mol. The largest absolute Gasteiger partial charge is 0.417 e. The Morgan fingerprint density at radius 1 is 1.24 bits per heavy atom. The zero-order chi connectivity index (χ0) is 24.4. The van der Waals surface area contributed by atoms with Crippen LogP contribution in [0.1, 0.15) is 37.3 Å². The molecule has 33 heavy (non-hydrogen) atoms. The van der Waals surface area contributed by atoms with Gasteiger partial charge in [0.2, 0.25) is 15.9 Å². The molecule has 3 rings (SSSR count). The minimum absolute atomic E-state index is 0.0887. The van der Waals surface area contributed by atoms with Crippen molar-refractivity contribution in [2.45, 2.75) is 32.4 Å². The van der Waals surface area contributed by atoms with Gasteiger partial charge in [-0.05, 0) is 49.3 Å². The van der Waals surface area contributed by atoms with Crippen molar-refractivity contribution in [3.05, 3.63) is 29.3 Å². The first kappa shape index (κ1) is 25.3. The molecule has 2 aliphatic heterocycles. The molecule has 2 heterocycles. The highest BCUT2D eigenvalue weighted by molar-refractivity contribution is 7.89. The van der Waals surface area contributed by atoms with Gasteiger partial charge in [-0.1, -0.05) is 6.92 Å². The number of sulfonamides is 1. The van der Waals surface area contributed by atoms with E-state index in [-0.39, 0.29) is 30.0 Å². The molecule has 0 aromatic heterocycles. The number of nitrogens with one attached hydrogen (secondary N) is 1. The molecule has 2 saturated heterocycles. The van der Waals surface area contributed by atoms with Gasteiger partial charge in [-0.2, -0.15) is 18.4 Å². The van der Waals surface area contributed by atoms with E-state index in [0.717, 1.165) is 12.1 Å². The smallest absolute Gasteiger partial charge is 0.370 e. The van der Waals surface area contributed by atoms with Crippen molar-refractivity contribution in [1.82, 2.24) is 9.62 Å². The molecule has 2 atom stereocenters. The number of carbonyl (C=O) groups is 1. The maximum atomic E-state index is 13.4. The Labute approximate surface area is 192 Å². The normalized spacial score (nSPS) is 22.8. The summed E-state index contributed by atoms with van der Waals surface area (Å²) in [6.07, 6.45) is -2.90. The molecule has 7 nitrogen and oxygen atoms in total. The summed E-state index contributed by atoms with van der Waals surface area (Å²) in [7, 11) is -1.75. The Hall–Kier alpha value is -2.32. The van der Waals surface area contributed by atoms with Gasteiger partial charge in [0, 0.05) is 38.9 Å². The fourth-order valence-electron chi connectivity index (χ4n) is 5.01. The van der Waals surface area contributed by atoms with Crippen molar-refractivity contribution in [2.24, 2.45) is 17.8 Å². The number of amides is 1. The third-order valence-electron chi connectivity index (χ3n) is 6.70. The summed E-state index contributed by atoms with van der Waals surface area (Å²) < 4.78 is 66.5. The minimum atomic E-state index is -4.66. The van der Waals surface area contributed by atoms with Crippen molar-refractivity contribution in [1.29, 1.82) is 5.26 Å². The number of hydrogen-bond donors (Lipinski definition) is 1. The van der Waals surface area contributed by atoms with Crippen molar-refractivity contribution in [3.8, 4) is 6.07 Å². The highest BCUT2D eigenvalue weighted by atomic mass is 32.2. The van der Waals surface area contributed by atoms with Crippen LogP contribution in [0.4, 0.5) is 18.9 Å². The minimum Gasteiger partial charge on any atom is -0.370 e. The first-order valence-corrected chi connectivity index (χ1v) is 12.7. The zero-order valence-electron chi connectivity index (χ0n) is 18.7. The third kappa shape index (κ3) is 5.44. The van der Waals surface area contributed by atoms with E-state index in [0.29, 0.717) is 44.6 Å². The summed E-state index contributed by atoms with van der Waals surface area (Å²) in [5, 5.41) is 11.7. The van der Waals surface area contributed by atoms with E-state index in [9.17, 15) is 26.4 Å². The zero-order valence-corrected chi connectivity index (χ0v) is 19.5. The average molecular weight is 487 g/mol. The van der Waals surface area contributed by atoms with Gasteiger partial charge in [0.25, 0.3) is 0 Å². The molecule has 0 bridgehead atoms. The van der Waals surface area contributed by atoms with Gasteiger partial charge in [-0.15, -0.1) is 0 Å². The average Bonchev–Trinajstić information content (AvgIpc) is 3.23. The van der Waals surface area contributed by atoms with Crippen LogP contribution in [0.5, 0.6) is 0 Å². The van der Waals surface area contributed by atoms with Crippen molar-refractivity contribution in [3.63, 3.8) is 0 Å². The van der Waals surface area contributed by atoms with E-state index in [1.807, 2.05) is 6.92 Å². The lowest BCUT2D eigenvalue weighted by atomic mass is 9.78. The van der Waals surface area contributed by atoms with Crippen LogP contribution < -0.4 is 10.2 Å². The Bertz CT molecular complexity index is 1010. The van der Waals surface area contributed by atoms with Crippen LogP contribution in [0.2, 0.25) is 0 Å². The highest BCUT2D eigenvalue weighted by Crippen LogP contribution is 2.40. The maximum absolute atomic E-state index is 13.4. The molecule has 0 aliphatic carbocycles. The molecule has 0 radical (unpaired) electrons. The van der Waals surface area contributed by atoms with E-state index >= 15 is 0 Å². The number of nitriles is 1. The molecule has 1 aromatic carbocycles. The Morgan fingerprint density at radius 3 is 2.45 bits per heavy atom. The summed E-state index contributed by atoms with van der Waals surface area (Å²) in [6.45, 7) is 3.26. The summed E-state index contributed by atoms with van der Waals surface area (Å²) in [6, 6.07) is 5.21. The van der Waals surface area contributed by atoms with Gasteiger partial charge in [0.05, 0.1) is 28.9 Å². The number of nitrogens with zero attached hydrogens (tertiary/aromatic N) is 3. The summed E-state index contributed by atoms with van der Waals surface area (Å²) >= 11 is 0. The SMILES string of the molecule is CCCS(=O)(=O)N1CCC(C2CN(c3ccc(C#N)c(C(F)(F)F)c3)CC2C(=O)NC)CC1. The molecule has 182 valence electrons. The van der Waals surface area contributed by atoms with Gasteiger partial charge < -0.3 is 10.2 Å². The predicted octanol–water partition coefficient (Wildman–Crippen LogP) is 2.83. The monoisotopic (exact) mass is 486 g/mol. The highest BCUT2D eigenvalue weighted by Gasteiger charge is 2.44. The summed E-state index contributed by atoms with van der Waals surface area (Å²) in [4.78, 5) is 14.4. The van der Waals surface area contributed by atoms with Crippen molar-refractivity contribution < 1.29 is 26.4 Å². The number of carbonyl (C=O) groups excluding carboxylic acids is 1. The molecule has 0 spiro atoms. The Kier molecular flexibility index (Phi) is 7.59. The molecule has 2 fully saturated rings. The number of anilines is 1. The first-order chi connectivity index (χ1) is 15.5. The van der Waals surface area contributed by atoms with Crippen LogP contribution in [-0.4, -0.2) is 57.6 Å². The topological polar surface area (TPSA) is 93.5 Å². The van der Waals surface area contributed by atoms with E-state index in [2.05, 4.69) is 5.32 Å². The molecule has 1 amide bonds. The van der Waals surface area contributed by atoms with E-state index in [1.54, 1.807) is 11.0 Å². The molecular weight excluding hydrogens is 457 g/mol. The number of piperidine rings is 1. The van der Waals surface area contributed by atoms with Crippen LogP contribution in [0.3, 0.4) is 0 Å². The standard InChI is InChI=1S/C22H29F3N4O3S/c1-3-10-33(31,32)29-8-6-15(7-9-29)18-13-28(14-19(18)21(30)27-2)17-5-4-16(12-26)20(11-17)22(23,24)25/h4-5,11,15,18-19H,3,6-10,13-14H2,1-2H3,(H,27,30). The quantitative estimate of drug-likeness (QED) is 0.668. The van der Waals surface area contributed by atoms with Crippen LogP contribution in [0.15, 0.2) is 18.2 Å². The lowest BCUT2D eigenvalue weighted by Gasteiger charge is -2.35. The van der Waals surface area contributed by atoms with Crippen LogP contribution >= 0.6 is 0 Å². The molecule has 2 aliphatic rings. The second kappa shape index (κ2) is 9.89. The number of halogens is 3. The van der Waals surface area contributed by atoms with E-state index < -0.39 is 33.2 Å². The van der Waals surface area contributed by atoms with Crippen LogP contribution in [0.25, 0.3) is 0 Å². The number of rotatable bonds is 6. The molecule has 1 N–H and O–H groups in total. The van der Waals surface area contributed by atoms with Crippen LogP contribution in [0, 0.1) is 29.1 Å². The Balaban J connectivity index is 1.81. The van der Waals surface area contributed by atoms with Gasteiger partial charge in [-0.25, -0.2) is 12.7 Å². The lowest BCUT2D eigenvalue weighted by Crippen LogP contribution is -2.43. The van der Waals surface area contributed by atoms with E-state index in [4.69, 9.17) is 5.26 Å². The van der Waals surface area contributed by atoms with Crippen molar-refractivity contribution >= 4 is 21.6 Å². The van der Waals surface area contributed by atoms with Gasteiger partial charge in [0.15, 0.2) is 0 Å². The van der Waals surface area contributed by atoms with Gasteiger partial charge in [0.1, 0.15) is 0 Å². The number of hydrogen-bond acceptors (Lipinski definition) is 5. The molecule has 2 unspecified atom stereocenters. The second-order valence-corrected chi connectivity index (χ2v) is 10.8. The second-order valence-electron chi connectivity index (χ2n) is 8.68. The molecule has 1 aromatic rings. The lowest BCUT2D eigenvalue weighted by molar-refractivity contribution is -0.137. The van der Waals surface area contributed by atoms with E-state index in [1.165, 1.54) is 17.4 Å². The molecule has 0 saturated carbocycles. The van der Waals surface area contributed by atoms with Crippen molar-refractivity contribution in [2.75, 3.05) is 43.9 Å². The van der Waals surface area contributed by atoms with Crippen LogP contribution in [-0.2, 0) is 21.0 Å². The fourth-order valence-corrected chi connectivity index (χ4v) is 6.55. The maximum Gasteiger partial charge on any atom is 0.417 e. The van der Waals surface area contributed by atoms with Gasteiger partial charge in [-0.3, -0.25) is 4.79 Å². The first-order valence-electron chi connectivity index (χ1n) is 11.1. The Morgan fingerprint density at radius 2 is 1.91 bits per heavy atom.